The number of rotatable bonds is 7. The number of hydrogen-bond donors (Lipinski definition) is 0. The molecule has 0 spiro atoms. The second kappa shape index (κ2) is 13.7. The first kappa shape index (κ1) is 32.5. The number of hydrogen-bond acceptors (Lipinski definition) is 1. The number of nitrogens with zero attached hydrogens (tertiary/aromatic N) is 2. The van der Waals surface area contributed by atoms with Crippen LogP contribution in [0.2, 0.25) is 0 Å². The monoisotopic (exact) mass is 702 g/mol. The SMILES string of the molecule is Cc1ccc(-n2c3ccccc3c3cc(-c4ccc(-c5cccc6c(N(c7ccccc7)c7ccc(-c8ccccc8)cc7)cccc56)cc4)ccc32)cc1. The van der Waals surface area contributed by atoms with Crippen LogP contribution in [0.25, 0.3) is 71.6 Å². The molecule has 2 heteroatoms. The lowest BCUT2D eigenvalue weighted by molar-refractivity contribution is 1.17. The summed E-state index contributed by atoms with van der Waals surface area (Å²) in [5, 5.41) is 4.95. The zero-order chi connectivity index (χ0) is 36.7. The van der Waals surface area contributed by atoms with Gasteiger partial charge in [0.1, 0.15) is 0 Å². The van der Waals surface area contributed by atoms with Crippen molar-refractivity contribution in [2.75, 3.05) is 4.90 Å². The van der Waals surface area contributed by atoms with Crippen LogP contribution in [-0.2, 0) is 0 Å². The molecule has 0 N–H and O–H groups in total. The molecule has 1 aromatic heterocycles. The molecular formula is C53H38N2. The molecule has 9 aromatic carbocycles. The maximum Gasteiger partial charge on any atom is 0.0541 e. The number of aromatic nitrogens is 1. The van der Waals surface area contributed by atoms with Crippen molar-refractivity contribution in [2.24, 2.45) is 0 Å². The summed E-state index contributed by atoms with van der Waals surface area (Å²) in [7, 11) is 0. The van der Waals surface area contributed by atoms with Gasteiger partial charge in [0.2, 0.25) is 0 Å². The van der Waals surface area contributed by atoms with Gasteiger partial charge in [0.05, 0.1) is 16.7 Å². The number of benzene rings is 9. The smallest absolute Gasteiger partial charge is 0.0541 e. The number of anilines is 3. The van der Waals surface area contributed by atoms with Crippen LogP contribution >= 0.6 is 0 Å². The van der Waals surface area contributed by atoms with E-state index in [9.17, 15) is 0 Å². The quantitative estimate of drug-likeness (QED) is 0.160. The van der Waals surface area contributed by atoms with Gasteiger partial charge in [-0.1, -0.05) is 157 Å². The maximum absolute atomic E-state index is 2.38. The Kier molecular flexibility index (Phi) is 8.08. The van der Waals surface area contributed by atoms with Crippen molar-refractivity contribution in [1.82, 2.24) is 4.57 Å². The normalized spacial score (nSPS) is 11.4. The highest BCUT2D eigenvalue weighted by Crippen LogP contribution is 2.42. The topological polar surface area (TPSA) is 8.17 Å². The lowest BCUT2D eigenvalue weighted by atomic mass is 9.95. The van der Waals surface area contributed by atoms with Gasteiger partial charge in [-0.15, -0.1) is 0 Å². The predicted octanol–water partition coefficient (Wildman–Crippen LogP) is 14.7. The molecule has 10 aromatic rings. The Hall–Kier alpha value is -7.16. The minimum absolute atomic E-state index is 1.12. The molecule has 10 rings (SSSR count). The summed E-state index contributed by atoms with van der Waals surface area (Å²) in [6.45, 7) is 2.14. The van der Waals surface area contributed by atoms with Crippen molar-refractivity contribution in [3.63, 3.8) is 0 Å². The zero-order valence-corrected chi connectivity index (χ0v) is 30.6. The summed E-state index contributed by atoms with van der Waals surface area (Å²) in [4.78, 5) is 2.37. The van der Waals surface area contributed by atoms with Gasteiger partial charge in [-0.05, 0) is 106 Å². The van der Waals surface area contributed by atoms with Crippen LogP contribution in [0.4, 0.5) is 17.1 Å². The van der Waals surface area contributed by atoms with E-state index in [1.165, 1.54) is 77.2 Å². The van der Waals surface area contributed by atoms with Crippen molar-refractivity contribution < 1.29 is 0 Å². The van der Waals surface area contributed by atoms with E-state index in [0.717, 1.165) is 17.1 Å². The first-order valence-electron chi connectivity index (χ1n) is 18.9. The molecule has 0 aliphatic carbocycles. The van der Waals surface area contributed by atoms with Crippen LogP contribution < -0.4 is 4.90 Å². The van der Waals surface area contributed by atoms with Crippen LogP contribution in [0.3, 0.4) is 0 Å². The fourth-order valence-corrected chi connectivity index (χ4v) is 8.14. The largest absolute Gasteiger partial charge is 0.310 e. The second-order valence-corrected chi connectivity index (χ2v) is 14.3. The molecule has 0 bridgehead atoms. The molecule has 2 nitrogen and oxygen atoms in total. The summed E-state index contributed by atoms with van der Waals surface area (Å²) in [6, 6.07) is 77.0. The summed E-state index contributed by atoms with van der Waals surface area (Å²) in [5.41, 5.74) is 15.5. The first-order chi connectivity index (χ1) is 27.2. The fourth-order valence-electron chi connectivity index (χ4n) is 8.14. The lowest BCUT2D eigenvalue weighted by Crippen LogP contribution is -2.10. The van der Waals surface area contributed by atoms with Crippen LogP contribution in [0.15, 0.2) is 212 Å². The van der Waals surface area contributed by atoms with E-state index in [1.54, 1.807) is 0 Å². The van der Waals surface area contributed by atoms with E-state index in [0.29, 0.717) is 0 Å². The molecule has 0 aliphatic heterocycles. The predicted molar refractivity (Wildman–Crippen MR) is 234 cm³/mol. The van der Waals surface area contributed by atoms with Gasteiger partial charge in [-0.3, -0.25) is 0 Å². The van der Waals surface area contributed by atoms with Gasteiger partial charge >= 0.3 is 0 Å². The van der Waals surface area contributed by atoms with Gasteiger partial charge in [-0.2, -0.15) is 0 Å². The van der Waals surface area contributed by atoms with E-state index in [4.69, 9.17) is 0 Å². The van der Waals surface area contributed by atoms with Gasteiger partial charge in [0, 0.05) is 33.2 Å². The van der Waals surface area contributed by atoms with Gasteiger partial charge in [0.25, 0.3) is 0 Å². The number of fused-ring (bicyclic) bond motifs is 4. The Morgan fingerprint density at radius 2 is 0.891 bits per heavy atom. The molecule has 0 saturated carbocycles. The highest BCUT2D eigenvalue weighted by Gasteiger charge is 2.17. The Labute approximate surface area is 321 Å². The standard InChI is InChI=1S/C53H38N2/c1-37-22-31-45(32-23-37)55-52-20-9-8-16-49(52)50-36-42(30-35-53(50)55)40-24-26-41(27-25-40)46-17-10-19-48-47(46)18-11-21-51(48)54(43-14-6-3-7-15-43)44-33-28-39(29-34-44)38-12-4-2-5-13-38/h2-36H,1H3. The molecule has 0 unspecified atom stereocenters. The van der Waals surface area contributed by atoms with E-state index in [-0.39, 0.29) is 0 Å². The van der Waals surface area contributed by atoms with E-state index in [1.807, 2.05) is 0 Å². The molecule has 0 amide bonds. The summed E-state index contributed by atoms with van der Waals surface area (Å²) < 4.78 is 2.38. The highest BCUT2D eigenvalue weighted by atomic mass is 15.1. The van der Waals surface area contributed by atoms with E-state index >= 15 is 0 Å². The Balaban J connectivity index is 1.03. The molecule has 0 fully saturated rings. The molecular weight excluding hydrogens is 665 g/mol. The third-order valence-corrected chi connectivity index (χ3v) is 10.9. The minimum atomic E-state index is 1.12. The van der Waals surface area contributed by atoms with Gasteiger partial charge in [0.15, 0.2) is 0 Å². The average Bonchev–Trinajstić information content (AvgIpc) is 3.59. The van der Waals surface area contributed by atoms with Crippen molar-refractivity contribution in [3.05, 3.63) is 218 Å². The molecule has 0 atom stereocenters. The first-order valence-corrected chi connectivity index (χ1v) is 18.9. The van der Waals surface area contributed by atoms with E-state index in [2.05, 4.69) is 229 Å². The van der Waals surface area contributed by atoms with Gasteiger partial charge in [-0.25, -0.2) is 0 Å². The summed E-state index contributed by atoms with van der Waals surface area (Å²) in [5.74, 6) is 0. The van der Waals surface area contributed by atoms with Crippen molar-refractivity contribution >= 4 is 49.6 Å². The van der Waals surface area contributed by atoms with Crippen molar-refractivity contribution in [3.8, 4) is 39.1 Å². The molecule has 1 heterocycles. The Morgan fingerprint density at radius 3 is 1.67 bits per heavy atom. The van der Waals surface area contributed by atoms with Crippen LogP contribution in [0, 0.1) is 6.92 Å². The third kappa shape index (κ3) is 5.85. The molecule has 0 radical (unpaired) electrons. The van der Waals surface area contributed by atoms with E-state index < -0.39 is 0 Å². The van der Waals surface area contributed by atoms with Crippen LogP contribution in [0.5, 0.6) is 0 Å². The number of aryl methyl sites for hydroxylation is 1. The zero-order valence-electron chi connectivity index (χ0n) is 30.6. The third-order valence-electron chi connectivity index (χ3n) is 10.9. The second-order valence-electron chi connectivity index (χ2n) is 14.3. The maximum atomic E-state index is 2.38. The van der Waals surface area contributed by atoms with Crippen LogP contribution in [0.1, 0.15) is 5.56 Å². The Bertz CT molecular complexity index is 2940. The van der Waals surface area contributed by atoms with Gasteiger partial charge < -0.3 is 9.47 Å². The summed E-state index contributed by atoms with van der Waals surface area (Å²) in [6.07, 6.45) is 0. The van der Waals surface area contributed by atoms with Crippen molar-refractivity contribution in [2.45, 2.75) is 6.92 Å². The lowest BCUT2D eigenvalue weighted by Gasteiger charge is -2.27. The number of para-hydroxylation sites is 2. The fraction of sp³-hybridized carbons (Fsp3) is 0.0189. The molecule has 0 saturated heterocycles. The molecule has 0 aliphatic rings. The van der Waals surface area contributed by atoms with Crippen molar-refractivity contribution in [1.29, 1.82) is 0 Å². The highest BCUT2D eigenvalue weighted by molar-refractivity contribution is 6.11. The van der Waals surface area contributed by atoms with Crippen LogP contribution in [-0.4, -0.2) is 4.57 Å². The Morgan fingerprint density at radius 1 is 0.345 bits per heavy atom. The summed E-state index contributed by atoms with van der Waals surface area (Å²) >= 11 is 0. The molecule has 55 heavy (non-hydrogen) atoms. The minimum Gasteiger partial charge on any atom is -0.310 e. The molecule has 260 valence electrons. The average molecular weight is 703 g/mol.